The first-order valence-electron chi connectivity index (χ1n) is 6.05. The lowest BCUT2D eigenvalue weighted by Crippen LogP contribution is -2.17. The Morgan fingerprint density at radius 3 is 2.47 bits per heavy atom. The van der Waals surface area contributed by atoms with Crippen LogP contribution in [0.3, 0.4) is 0 Å². The fourth-order valence-electron chi connectivity index (χ4n) is 1.79. The summed E-state index contributed by atoms with van der Waals surface area (Å²) in [6.07, 6.45) is 0.893. The summed E-state index contributed by atoms with van der Waals surface area (Å²) in [5.74, 6) is -0.376. The van der Waals surface area contributed by atoms with Gasteiger partial charge in [-0.3, -0.25) is 0 Å². The van der Waals surface area contributed by atoms with Gasteiger partial charge in [0.2, 0.25) is 0 Å². The first-order valence-corrected chi connectivity index (χ1v) is 6.80. The molecule has 0 heterocycles. The molecule has 2 rings (SSSR count). The average Bonchev–Trinajstić information content (AvgIpc) is 2.41. The Morgan fingerprint density at radius 1 is 1.00 bits per heavy atom. The molecule has 0 unspecified atom stereocenters. The van der Waals surface area contributed by atoms with Crippen molar-refractivity contribution in [2.75, 3.05) is 6.54 Å². The van der Waals surface area contributed by atoms with Crippen molar-refractivity contribution >= 4 is 23.2 Å². The van der Waals surface area contributed by atoms with E-state index in [0.29, 0.717) is 6.54 Å². The van der Waals surface area contributed by atoms with Crippen LogP contribution in [0.5, 0.6) is 0 Å². The highest BCUT2D eigenvalue weighted by atomic mass is 35.5. The Morgan fingerprint density at radius 2 is 1.74 bits per heavy atom. The van der Waals surface area contributed by atoms with Crippen molar-refractivity contribution in [1.29, 1.82) is 0 Å². The van der Waals surface area contributed by atoms with Gasteiger partial charge in [-0.25, -0.2) is 4.39 Å². The fourth-order valence-corrected chi connectivity index (χ4v) is 2.11. The maximum absolute atomic E-state index is 13.2. The van der Waals surface area contributed by atoms with Gasteiger partial charge in [-0.05, 0) is 42.3 Å². The Kier molecular flexibility index (Phi) is 5.20. The molecule has 2 aromatic rings. The van der Waals surface area contributed by atoms with E-state index in [0.717, 1.165) is 23.6 Å². The van der Waals surface area contributed by atoms with E-state index in [9.17, 15) is 4.39 Å². The quantitative estimate of drug-likeness (QED) is 0.803. The van der Waals surface area contributed by atoms with Crippen LogP contribution >= 0.6 is 23.2 Å². The van der Waals surface area contributed by atoms with Gasteiger partial charge in [0.15, 0.2) is 0 Å². The molecule has 4 heteroatoms. The van der Waals surface area contributed by atoms with E-state index in [4.69, 9.17) is 23.2 Å². The Labute approximate surface area is 122 Å². The zero-order valence-corrected chi connectivity index (χ0v) is 11.8. The maximum Gasteiger partial charge on any atom is 0.142 e. The summed E-state index contributed by atoms with van der Waals surface area (Å²) in [6, 6.07) is 12.6. The summed E-state index contributed by atoms with van der Waals surface area (Å²) in [6.45, 7) is 1.36. The van der Waals surface area contributed by atoms with Crippen molar-refractivity contribution in [3.63, 3.8) is 0 Å². The predicted molar refractivity (Wildman–Crippen MR) is 78.3 cm³/mol. The van der Waals surface area contributed by atoms with E-state index >= 15 is 0 Å². The Hall–Kier alpha value is -1.09. The van der Waals surface area contributed by atoms with Gasteiger partial charge in [-0.15, -0.1) is 0 Å². The molecular formula is C15H14Cl2FN. The van der Waals surface area contributed by atoms with E-state index in [1.165, 1.54) is 11.6 Å². The molecule has 0 aliphatic heterocycles. The van der Waals surface area contributed by atoms with Gasteiger partial charge in [0.25, 0.3) is 0 Å². The zero-order valence-electron chi connectivity index (χ0n) is 10.3. The first-order chi connectivity index (χ1) is 9.16. The monoisotopic (exact) mass is 297 g/mol. The molecule has 1 N–H and O–H groups in total. The number of rotatable bonds is 5. The second kappa shape index (κ2) is 6.90. The topological polar surface area (TPSA) is 12.0 Å². The first kappa shape index (κ1) is 14.3. The molecule has 0 atom stereocenters. The molecule has 0 aliphatic carbocycles. The van der Waals surface area contributed by atoms with Crippen LogP contribution in [0.25, 0.3) is 0 Å². The fraction of sp³-hybridized carbons (Fsp3) is 0.200. The Balaban J connectivity index is 1.81. The molecule has 0 fully saturated rings. The summed E-state index contributed by atoms with van der Waals surface area (Å²) in [4.78, 5) is 0. The van der Waals surface area contributed by atoms with Gasteiger partial charge in [0.05, 0.1) is 5.02 Å². The molecular weight excluding hydrogens is 284 g/mol. The second-order valence-corrected chi connectivity index (χ2v) is 5.08. The summed E-state index contributed by atoms with van der Waals surface area (Å²) in [5, 5.41) is 4.18. The summed E-state index contributed by atoms with van der Waals surface area (Å²) < 4.78 is 13.2. The van der Waals surface area contributed by atoms with Gasteiger partial charge in [0, 0.05) is 11.6 Å². The van der Waals surface area contributed by atoms with Gasteiger partial charge in [-0.2, -0.15) is 0 Å². The molecule has 0 saturated heterocycles. The third-order valence-corrected chi connectivity index (χ3v) is 3.53. The lowest BCUT2D eigenvalue weighted by molar-refractivity contribution is 0.620. The minimum atomic E-state index is -0.376. The van der Waals surface area contributed by atoms with Crippen LogP contribution in [-0.4, -0.2) is 6.54 Å². The van der Waals surface area contributed by atoms with Crippen LogP contribution in [0, 0.1) is 5.82 Å². The van der Waals surface area contributed by atoms with Crippen molar-refractivity contribution < 1.29 is 4.39 Å². The highest BCUT2D eigenvalue weighted by Crippen LogP contribution is 2.19. The van der Waals surface area contributed by atoms with E-state index in [-0.39, 0.29) is 10.8 Å². The molecule has 0 bridgehead atoms. The van der Waals surface area contributed by atoms with E-state index in [2.05, 4.69) is 5.32 Å². The minimum Gasteiger partial charge on any atom is -0.312 e. The van der Waals surface area contributed by atoms with Crippen molar-refractivity contribution in [3.05, 3.63) is 69.5 Å². The largest absolute Gasteiger partial charge is 0.312 e. The molecule has 0 spiro atoms. The number of benzene rings is 2. The second-order valence-electron chi connectivity index (χ2n) is 4.27. The SMILES string of the molecule is Fc1cccc(CNCCc2ccc(Cl)cc2)c1Cl. The van der Waals surface area contributed by atoms with Crippen LogP contribution in [-0.2, 0) is 13.0 Å². The van der Waals surface area contributed by atoms with Crippen LogP contribution in [0.1, 0.15) is 11.1 Å². The minimum absolute atomic E-state index is 0.196. The van der Waals surface area contributed by atoms with Gasteiger partial charge >= 0.3 is 0 Å². The number of halogens is 3. The van der Waals surface area contributed by atoms with E-state index < -0.39 is 0 Å². The van der Waals surface area contributed by atoms with Crippen LogP contribution < -0.4 is 5.32 Å². The van der Waals surface area contributed by atoms with Crippen molar-refractivity contribution in [2.24, 2.45) is 0 Å². The molecule has 1 nitrogen and oxygen atoms in total. The molecule has 0 amide bonds. The third kappa shape index (κ3) is 4.20. The van der Waals surface area contributed by atoms with E-state index in [1.807, 2.05) is 30.3 Å². The molecule has 19 heavy (non-hydrogen) atoms. The highest BCUT2D eigenvalue weighted by Gasteiger charge is 2.04. The summed E-state index contributed by atoms with van der Waals surface area (Å²) >= 11 is 11.7. The summed E-state index contributed by atoms with van der Waals surface area (Å²) in [5.41, 5.74) is 1.99. The lowest BCUT2D eigenvalue weighted by atomic mass is 10.1. The number of hydrogen-bond acceptors (Lipinski definition) is 1. The lowest BCUT2D eigenvalue weighted by Gasteiger charge is -2.07. The number of nitrogens with one attached hydrogen (secondary N) is 1. The highest BCUT2D eigenvalue weighted by molar-refractivity contribution is 6.31. The van der Waals surface area contributed by atoms with Crippen LogP contribution in [0.2, 0.25) is 10.0 Å². The van der Waals surface area contributed by atoms with Gasteiger partial charge < -0.3 is 5.32 Å². The standard InChI is InChI=1S/C15H14Cl2FN/c16-13-6-4-11(5-7-13)8-9-19-10-12-2-1-3-14(18)15(12)17/h1-7,19H,8-10H2. The van der Waals surface area contributed by atoms with Crippen LogP contribution in [0.15, 0.2) is 42.5 Å². The van der Waals surface area contributed by atoms with Crippen LogP contribution in [0.4, 0.5) is 4.39 Å². The molecule has 0 radical (unpaired) electrons. The zero-order chi connectivity index (χ0) is 13.7. The van der Waals surface area contributed by atoms with Gasteiger partial charge in [0.1, 0.15) is 5.82 Å². The summed E-state index contributed by atoms with van der Waals surface area (Å²) in [7, 11) is 0. The molecule has 0 aromatic heterocycles. The number of hydrogen-bond donors (Lipinski definition) is 1. The van der Waals surface area contributed by atoms with Crippen molar-refractivity contribution in [1.82, 2.24) is 5.32 Å². The average molecular weight is 298 g/mol. The van der Waals surface area contributed by atoms with Crippen molar-refractivity contribution in [2.45, 2.75) is 13.0 Å². The maximum atomic E-state index is 13.2. The smallest absolute Gasteiger partial charge is 0.142 e. The van der Waals surface area contributed by atoms with Gasteiger partial charge in [-0.1, -0.05) is 47.5 Å². The molecule has 0 saturated carbocycles. The third-order valence-electron chi connectivity index (χ3n) is 2.85. The Bertz CT molecular complexity index is 540. The molecule has 100 valence electrons. The molecule has 0 aliphatic rings. The van der Waals surface area contributed by atoms with Crippen molar-refractivity contribution in [3.8, 4) is 0 Å². The predicted octanol–water partition coefficient (Wildman–Crippen LogP) is 4.46. The normalized spacial score (nSPS) is 10.7. The van der Waals surface area contributed by atoms with E-state index in [1.54, 1.807) is 6.07 Å². The molecule has 2 aromatic carbocycles.